The van der Waals surface area contributed by atoms with Crippen LogP contribution in [0.15, 0.2) is 36.4 Å². The Morgan fingerprint density at radius 1 is 0.962 bits per heavy atom. The van der Waals surface area contributed by atoms with Gasteiger partial charge in [-0.2, -0.15) is 0 Å². The number of benzene rings is 2. The van der Waals surface area contributed by atoms with Gasteiger partial charge < -0.3 is 14.2 Å². The second-order valence-corrected chi connectivity index (χ2v) is 6.72. The van der Waals surface area contributed by atoms with Crippen molar-refractivity contribution in [2.75, 3.05) is 34.4 Å². The summed E-state index contributed by atoms with van der Waals surface area (Å²) in [6.45, 7) is 4.40. The third-order valence-corrected chi connectivity index (χ3v) is 5.20. The van der Waals surface area contributed by atoms with Gasteiger partial charge in [0.2, 0.25) is 0 Å². The number of ether oxygens (including phenoxy) is 3. The molecule has 0 saturated heterocycles. The van der Waals surface area contributed by atoms with Crippen LogP contribution in [0.4, 0.5) is 0 Å². The average molecular weight is 355 g/mol. The summed E-state index contributed by atoms with van der Waals surface area (Å²) in [6, 6.07) is 13.0. The summed E-state index contributed by atoms with van der Waals surface area (Å²) in [6.07, 6.45) is 3.44. The van der Waals surface area contributed by atoms with Crippen molar-refractivity contribution in [3.63, 3.8) is 0 Å². The Balaban J connectivity index is 2.06. The summed E-state index contributed by atoms with van der Waals surface area (Å²) in [4.78, 5) is 2.58. The van der Waals surface area contributed by atoms with Crippen molar-refractivity contribution < 1.29 is 14.2 Å². The molecule has 0 radical (unpaired) electrons. The van der Waals surface area contributed by atoms with E-state index in [4.69, 9.17) is 14.2 Å². The molecule has 4 heteroatoms. The first-order valence-corrected chi connectivity index (χ1v) is 9.34. The highest BCUT2D eigenvalue weighted by Gasteiger charge is 2.30. The molecule has 140 valence electrons. The number of methoxy groups -OCH3 is 3. The number of hydrogen-bond acceptors (Lipinski definition) is 4. The quantitative estimate of drug-likeness (QED) is 0.734. The minimum absolute atomic E-state index is 0.232. The van der Waals surface area contributed by atoms with Crippen LogP contribution in [-0.4, -0.2) is 39.3 Å². The Morgan fingerprint density at radius 2 is 1.65 bits per heavy atom. The van der Waals surface area contributed by atoms with E-state index in [1.54, 1.807) is 21.3 Å². The van der Waals surface area contributed by atoms with Crippen molar-refractivity contribution in [2.45, 2.75) is 32.2 Å². The second-order valence-electron chi connectivity index (χ2n) is 6.72. The molecule has 2 aromatic rings. The molecule has 1 aliphatic heterocycles. The zero-order valence-corrected chi connectivity index (χ0v) is 16.2. The first kappa shape index (κ1) is 18.6. The summed E-state index contributed by atoms with van der Waals surface area (Å²) in [7, 11) is 5.10. The van der Waals surface area contributed by atoms with Gasteiger partial charge in [0.1, 0.15) is 5.75 Å². The fourth-order valence-corrected chi connectivity index (χ4v) is 3.78. The zero-order valence-electron chi connectivity index (χ0n) is 16.2. The van der Waals surface area contributed by atoms with Crippen LogP contribution in [0.2, 0.25) is 0 Å². The van der Waals surface area contributed by atoms with Gasteiger partial charge in [0.05, 0.1) is 27.4 Å². The van der Waals surface area contributed by atoms with Crippen molar-refractivity contribution in [2.24, 2.45) is 0 Å². The summed E-state index contributed by atoms with van der Waals surface area (Å²) in [5.41, 5.74) is 3.95. The smallest absolute Gasteiger partial charge is 0.161 e. The molecule has 4 nitrogen and oxygen atoms in total. The van der Waals surface area contributed by atoms with Gasteiger partial charge in [-0.25, -0.2) is 0 Å². The minimum atomic E-state index is 0.232. The van der Waals surface area contributed by atoms with Crippen molar-refractivity contribution in [1.82, 2.24) is 4.90 Å². The third-order valence-electron chi connectivity index (χ3n) is 5.20. The van der Waals surface area contributed by atoms with Gasteiger partial charge in [-0.05, 0) is 60.3 Å². The topological polar surface area (TPSA) is 30.9 Å². The molecule has 1 atom stereocenters. The van der Waals surface area contributed by atoms with Gasteiger partial charge in [-0.15, -0.1) is 0 Å². The molecular formula is C22H29NO3. The lowest BCUT2D eigenvalue weighted by Crippen LogP contribution is -2.36. The van der Waals surface area contributed by atoms with E-state index in [1.165, 1.54) is 29.5 Å². The summed E-state index contributed by atoms with van der Waals surface area (Å²) >= 11 is 0. The van der Waals surface area contributed by atoms with Crippen molar-refractivity contribution in [1.29, 1.82) is 0 Å². The van der Waals surface area contributed by atoms with Crippen LogP contribution in [0.5, 0.6) is 17.2 Å². The first-order valence-electron chi connectivity index (χ1n) is 9.34. The van der Waals surface area contributed by atoms with Crippen molar-refractivity contribution in [3.05, 3.63) is 53.1 Å². The van der Waals surface area contributed by atoms with Crippen LogP contribution < -0.4 is 14.2 Å². The molecule has 0 aromatic heterocycles. The average Bonchev–Trinajstić information content (AvgIpc) is 2.70. The third kappa shape index (κ3) is 3.65. The normalized spacial score (nSPS) is 16.8. The highest BCUT2D eigenvalue weighted by molar-refractivity contribution is 5.52. The van der Waals surface area contributed by atoms with Gasteiger partial charge in [-0.3, -0.25) is 4.90 Å². The van der Waals surface area contributed by atoms with Crippen molar-refractivity contribution in [3.8, 4) is 17.2 Å². The summed E-state index contributed by atoms with van der Waals surface area (Å²) in [5, 5.41) is 0. The Labute approximate surface area is 156 Å². The van der Waals surface area contributed by atoms with Crippen molar-refractivity contribution >= 4 is 0 Å². The molecule has 0 amide bonds. The molecule has 0 bridgehead atoms. The largest absolute Gasteiger partial charge is 0.497 e. The standard InChI is InChI=1S/C22H29NO3/c1-5-6-12-23-13-11-17-14-20(25-3)21(26-4)15-19(17)22(23)16-7-9-18(24-2)10-8-16/h7-10,14-15,22H,5-6,11-13H2,1-4H3. The lowest BCUT2D eigenvalue weighted by Gasteiger charge is -2.38. The Hall–Kier alpha value is -2.20. The molecule has 2 aromatic carbocycles. The van der Waals surface area contributed by atoms with E-state index in [9.17, 15) is 0 Å². The molecule has 1 heterocycles. The summed E-state index contributed by atoms with van der Waals surface area (Å²) in [5.74, 6) is 2.49. The maximum atomic E-state index is 5.58. The fourth-order valence-electron chi connectivity index (χ4n) is 3.78. The van der Waals surface area contributed by atoms with Crippen LogP contribution in [0.1, 0.15) is 42.5 Å². The first-order chi connectivity index (χ1) is 12.7. The van der Waals surface area contributed by atoms with E-state index < -0.39 is 0 Å². The Morgan fingerprint density at radius 3 is 2.27 bits per heavy atom. The Kier molecular flexibility index (Phi) is 6.04. The van der Waals surface area contributed by atoms with Crippen LogP contribution in [0.3, 0.4) is 0 Å². The van der Waals surface area contributed by atoms with Gasteiger partial charge in [-0.1, -0.05) is 25.5 Å². The van der Waals surface area contributed by atoms with Gasteiger partial charge in [0, 0.05) is 6.54 Å². The lowest BCUT2D eigenvalue weighted by atomic mass is 9.87. The van der Waals surface area contributed by atoms with E-state index in [0.717, 1.165) is 36.8 Å². The van der Waals surface area contributed by atoms with E-state index in [2.05, 4.69) is 36.1 Å². The van der Waals surface area contributed by atoms with Crippen LogP contribution in [0, 0.1) is 0 Å². The van der Waals surface area contributed by atoms with E-state index in [-0.39, 0.29) is 6.04 Å². The van der Waals surface area contributed by atoms with E-state index >= 15 is 0 Å². The molecule has 0 fully saturated rings. The highest BCUT2D eigenvalue weighted by atomic mass is 16.5. The van der Waals surface area contributed by atoms with E-state index in [1.807, 2.05) is 12.1 Å². The molecule has 26 heavy (non-hydrogen) atoms. The number of fused-ring (bicyclic) bond motifs is 1. The molecule has 0 spiro atoms. The van der Waals surface area contributed by atoms with Crippen LogP contribution >= 0.6 is 0 Å². The van der Waals surface area contributed by atoms with Crippen LogP contribution in [0.25, 0.3) is 0 Å². The molecule has 3 rings (SSSR count). The SMILES string of the molecule is CCCCN1CCc2cc(OC)c(OC)cc2C1c1ccc(OC)cc1. The maximum absolute atomic E-state index is 5.58. The molecule has 1 aliphatic rings. The number of rotatable bonds is 7. The van der Waals surface area contributed by atoms with E-state index in [0.29, 0.717) is 0 Å². The fraction of sp³-hybridized carbons (Fsp3) is 0.455. The second kappa shape index (κ2) is 8.45. The Bertz CT molecular complexity index is 727. The molecule has 0 N–H and O–H groups in total. The van der Waals surface area contributed by atoms with Crippen LogP contribution in [-0.2, 0) is 6.42 Å². The summed E-state index contributed by atoms with van der Waals surface area (Å²) < 4.78 is 16.4. The molecule has 0 saturated carbocycles. The lowest BCUT2D eigenvalue weighted by molar-refractivity contribution is 0.209. The number of unbranched alkanes of at least 4 members (excludes halogenated alkanes) is 1. The minimum Gasteiger partial charge on any atom is -0.497 e. The van der Waals surface area contributed by atoms with Gasteiger partial charge in [0.25, 0.3) is 0 Å². The maximum Gasteiger partial charge on any atom is 0.161 e. The zero-order chi connectivity index (χ0) is 18.5. The molecule has 0 aliphatic carbocycles. The predicted molar refractivity (Wildman–Crippen MR) is 105 cm³/mol. The monoisotopic (exact) mass is 355 g/mol. The molecular weight excluding hydrogens is 326 g/mol. The number of nitrogens with zero attached hydrogens (tertiary/aromatic N) is 1. The van der Waals surface area contributed by atoms with Gasteiger partial charge >= 0.3 is 0 Å². The van der Waals surface area contributed by atoms with Gasteiger partial charge in [0.15, 0.2) is 11.5 Å². The highest BCUT2D eigenvalue weighted by Crippen LogP contribution is 2.41. The predicted octanol–water partition coefficient (Wildman–Crippen LogP) is 4.46. The molecule has 1 unspecified atom stereocenters. The number of hydrogen-bond donors (Lipinski definition) is 0.